The summed E-state index contributed by atoms with van der Waals surface area (Å²) in [6, 6.07) is 9.62. The molecule has 1 aliphatic carbocycles. The first-order valence-electron chi connectivity index (χ1n) is 5.77. The molecule has 17 heavy (non-hydrogen) atoms. The zero-order valence-corrected chi connectivity index (χ0v) is 9.72. The molecule has 0 unspecified atom stereocenters. The number of esters is 1. The van der Waals surface area contributed by atoms with Crippen LogP contribution >= 0.6 is 0 Å². The lowest BCUT2D eigenvalue weighted by Crippen LogP contribution is -2.47. The Hall–Kier alpha value is -1.77. The van der Waals surface area contributed by atoms with Crippen molar-refractivity contribution >= 4 is 5.97 Å². The maximum atomic E-state index is 11.9. The Kier molecular flexibility index (Phi) is 3.47. The molecule has 0 saturated heterocycles. The van der Waals surface area contributed by atoms with Gasteiger partial charge in [0.2, 0.25) is 5.60 Å². The first-order chi connectivity index (χ1) is 8.27. The molecule has 0 aromatic heterocycles. The quantitative estimate of drug-likeness (QED) is 0.578. The second-order valence-corrected chi connectivity index (χ2v) is 4.19. The zero-order chi connectivity index (χ0) is 12.1. The lowest BCUT2D eigenvalue weighted by molar-refractivity contribution is -0.177. The molecule has 0 spiro atoms. The molecule has 0 bridgehead atoms. The fourth-order valence-corrected chi connectivity index (χ4v) is 1.88. The van der Waals surface area contributed by atoms with Crippen LogP contribution in [0.3, 0.4) is 0 Å². The van der Waals surface area contributed by atoms with E-state index < -0.39 is 5.60 Å². The summed E-state index contributed by atoms with van der Waals surface area (Å²) < 4.78 is 10.6. The van der Waals surface area contributed by atoms with E-state index in [2.05, 4.69) is 6.58 Å². The van der Waals surface area contributed by atoms with E-state index in [9.17, 15) is 4.79 Å². The third-order valence-electron chi connectivity index (χ3n) is 3.05. The van der Waals surface area contributed by atoms with Crippen molar-refractivity contribution in [2.45, 2.75) is 31.5 Å². The average Bonchev–Trinajstić information content (AvgIpc) is 2.32. The van der Waals surface area contributed by atoms with Gasteiger partial charge in [-0.3, -0.25) is 0 Å². The van der Waals surface area contributed by atoms with Gasteiger partial charge < -0.3 is 9.47 Å². The van der Waals surface area contributed by atoms with E-state index in [4.69, 9.17) is 9.47 Å². The predicted molar refractivity (Wildman–Crippen MR) is 64.1 cm³/mol. The molecule has 0 amide bonds. The van der Waals surface area contributed by atoms with Gasteiger partial charge in [0.1, 0.15) is 6.61 Å². The van der Waals surface area contributed by atoms with Crippen molar-refractivity contribution in [1.29, 1.82) is 0 Å². The highest BCUT2D eigenvalue weighted by Gasteiger charge is 2.47. The molecule has 1 fully saturated rings. The van der Waals surface area contributed by atoms with Gasteiger partial charge in [-0.05, 0) is 24.8 Å². The minimum Gasteiger partial charge on any atom is -0.484 e. The summed E-state index contributed by atoms with van der Waals surface area (Å²) in [6.45, 7) is 3.79. The lowest BCUT2D eigenvalue weighted by atomic mass is 9.80. The number of hydrogen-bond acceptors (Lipinski definition) is 3. The van der Waals surface area contributed by atoms with Crippen LogP contribution < -0.4 is 0 Å². The van der Waals surface area contributed by atoms with Crippen molar-refractivity contribution in [3.05, 3.63) is 48.7 Å². The number of carbonyl (C=O) groups excluding carboxylic acids is 1. The second kappa shape index (κ2) is 5.04. The molecule has 3 nitrogen and oxygen atoms in total. The van der Waals surface area contributed by atoms with Gasteiger partial charge >= 0.3 is 5.97 Å². The molecule has 0 N–H and O–H groups in total. The molecule has 1 aromatic carbocycles. The summed E-state index contributed by atoms with van der Waals surface area (Å²) in [5, 5.41) is 0. The van der Waals surface area contributed by atoms with E-state index in [1.807, 2.05) is 30.3 Å². The number of ether oxygens (including phenoxy) is 2. The van der Waals surface area contributed by atoms with Gasteiger partial charge in [-0.25, -0.2) is 4.79 Å². The summed E-state index contributed by atoms with van der Waals surface area (Å²) in [7, 11) is 0. The molecule has 0 atom stereocenters. The van der Waals surface area contributed by atoms with Gasteiger partial charge in [-0.1, -0.05) is 36.9 Å². The van der Waals surface area contributed by atoms with E-state index in [0.29, 0.717) is 19.4 Å². The van der Waals surface area contributed by atoms with Gasteiger partial charge in [0.25, 0.3) is 0 Å². The number of rotatable bonds is 5. The van der Waals surface area contributed by atoms with Gasteiger partial charge in [-0.2, -0.15) is 0 Å². The summed E-state index contributed by atoms with van der Waals surface area (Å²) >= 11 is 0. The summed E-state index contributed by atoms with van der Waals surface area (Å²) in [6.07, 6.45) is 3.75. The predicted octanol–water partition coefficient (Wildman–Crippen LogP) is 2.81. The molecule has 1 saturated carbocycles. The Morgan fingerprint density at radius 2 is 2.06 bits per heavy atom. The summed E-state index contributed by atoms with van der Waals surface area (Å²) in [5.74, 6) is -0.285. The molecule has 1 aromatic rings. The summed E-state index contributed by atoms with van der Waals surface area (Å²) in [5.41, 5.74) is 0.213. The number of carbonyl (C=O) groups is 1. The van der Waals surface area contributed by atoms with Crippen LogP contribution in [0.2, 0.25) is 0 Å². The first kappa shape index (κ1) is 11.7. The molecule has 2 rings (SSSR count). The Labute approximate surface area is 101 Å². The van der Waals surface area contributed by atoms with Crippen LogP contribution in [0, 0.1) is 0 Å². The minimum atomic E-state index is -0.767. The SMILES string of the molecule is C=COC1(C(=O)OCc2ccccc2)CCC1. The maximum Gasteiger partial charge on any atom is 0.350 e. The lowest BCUT2D eigenvalue weighted by Gasteiger charge is -2.37. The molecule has 3 heteroatoms. The van der Waals surface area contributed by atoms with Crippen LogP contribution in [0.5, 0.6) is 0 Å². The third kappa shape index (κ3) is 2.49. The zero-order valence-electron chi connectivity index (χ0n) is 9.72. The monoisotopic (exact) mass is 232 g/mol. The van der Waals surface area contributed by atoms with E-state index in [1.165, 1.54) is 6.26 Å². The van der Waals surface area contributed by atoms with Crippen LogP contribution in [-0.4, -0.2) is 11.6 Å². The highest BCUT2D eigenvalue weighted by Crippen LogP contribution is 2.37. The molecule has 0 radical (unpaired) electrons. The van der Waals surface area contributed by atoms with E-state index in [1.54, 1.807) is 0 Å². The normalized spacial score (nSPS) is 16.7. The molecule has 1 aliphatic rings. The number of hydrogen-bond donors (Lipinski definition) is 0. The van der Waals surface area contributed by atoms with Gasteiger partial charge in [-0.15, -0.1) is 0 Å². The topological polar surface area (TPSA) is 35.5 Å². The second-order valence-electron chi connectivity index (χ2n) is 4.19. The van der Waals surface area contributed by atoms with Crippen molar-refractivity contribution < 1.29 is 14.3 Å². The Morgan fingerprint density at radius 3 is 2.59 bits per heavy atom. The molecular weight excluding hydrogens is 216 g/mol. The molecular formula is C14H16O3. The van der Waals surface area contributed by atoms with Crippen LogP contribution in [0.25, 0.3) is 0 Å². The first-order valence-corrected chi connectivity index (χ1v) is 5.77. The largest absolute Gasteiger partial charge is 0.484 e. The maximum absolute atomic E-state index is 11.9. The third-order valence-corrected chi connectivity index (χ3v) is 3.05. The fourth-order valence-electron chi connectivity index (χ4n) is 1.88. The Morgan fingerprint density at radius 1 is 1.35 bits per heavy atom. The summed E-state index contributed by atoms with van der Waals surface area (Å²) in [4.78, 5) is 11.9. The van der Waals surface area contributed by atoms with Gasteiger partial charge in [0.05, 0.1) is 6.26 Å². The van der Waals surface area contributed by atoms with Crippen molar-refractivity contribution in [3.63, 3.8) is 0 Å². The van der Waals surface area contributed by atoms with Crippen molar-refractivity contribution in [1.82, 2.24) is 0 Å². The van der Waals surface area contributed by atoms with Gasteiger partial charge in [0, 0.05) is 0 Å². The van der Waals surface area contributed by atoms with E-state index >= 15 is 0 Å². The molecule has 0 aliphatic heterocycles. The number of benzene rings is 1. The highest BCUT2D eigenvalue weighted by molar-refractivity contribution is 5.80. The fraction of sp³-hybridized carbons (Fsp3) is 0.357. The minimum absolute atomic E-state index is 0.285. The Bertz CT molecular complexity index is 393. The van der Waals surface area contributed by atoms with Crippen molar-refractivity contribution in [2.24, 2.45) is 0 Å². The van der Waals surface area contributed by atoms with E-state index in [0.717, 1.165) is 12.0 Å². The van der Waals surface area contributed by atoms with Crippen LogP contribution in [0.4, 0.5) is 0 Å². The molecule has 90 valence electrons. The van der Waals surface area contributed by atoms with Crippen molar-refractivity contribution in [3.8, 4) is 0 Å². The Balaban J connectivity index is 1.91. The standard InChI is InChI=1S/C14H16O3/c1-2-17-14(9-6-10-14)13(15)16-11-12-7-4-3-5-8-12/h2-5,7-8H,1,6,9-11H2. The van der Waals surface area contributed by atoms with Gasteiger partial charge in [0.15, 0.2) is 0 Å². The van der Waals surface area contributed by atoms with Crippen LogP contribution in [0.1, 0.15) is 24.8 Å². The van der Waals surface area contributed by atoms with Crippen LogP contribution in [-0.2, 0) is 20.9 Å². The smallest absolute Gasteiger partial charge is 0.350 e. The average molecular weight is 232 g/mol. The van der Waals surface area contributed by atoms with Crippen LogP contribution in [0.15, 0.2) is 43.2 Å². The molecule has 0 heterocycles. The highest BCUT2D eigenvalue weighted by atomic mass is 16.6. The van der Waals surface area contributed by atoms with E-state index in [-0.39, 0.29) is 5.97 Å². The van der Waals surface area contributed by atoms with Crippen molar-refractivity contribution in [2.75, 3.05) is 0 Å².